The molecular formula is C36H44N6O9. The van der Waals surface area contributed by atoms with E-state index < -0.39 is 17.5 Å². The van der Waals surface area contributed by atoms with Crippen LogP contribution in [0.2, 0.25) is 0 Å². The summed E-state index contributed by atoms with van der Waals surface area (Å²) in [5.41, 5.74) is 2.85. The molecule has 3 aromatic rings. The van der Waals surface area contributed by atoms with Gasteiger partial charge < -0.3 is 38.2 Å². The van der Waals surface area contributed by atoms with Gasteiger partial charge >= 0.3 is 11.9 Å². The number of nitrogens with zero attached hydrogens (tertiary/aromatic N) is 6. The Hall–Kier alpha value is -4.54. The quantitative estimate of drug-likeness (QED) is 0.133. The van der Waals surface area contributed by atoms with Crippen LogP contribution in [-0.2, 0) is 51.1 Å². The van der Waals surface area contributed by atoms with Gasteiger partial charge in [0, 0.05) is 30.1 Å². The van der Waals surface area contributed by atoms with E-state index in [0.29, 0.717) is 74.1 Å². The molecule has 272 valence electrons. The average Bonchev–Trinajstić information content (AvgIpc) is 3.67. The predicted octanol–water partition coefficient (Wildman–Crippen LogP) is 2.40. The highest BCUT2D eigenvalue weighted by molar-refractivity contribution is 6.11. The first-order chi connectivity index (χ1) is 24.8. The number of hydrogen-bond acceptors (Lipinski definition) is 13. The minimum atomic E-state index is -1.66. The molecule has 0 saturated carbocycles. The second-order valence-electron chi connectivity index (χ2n) is 12.7. The SMILES string of the molecule is CCC[C@@]1(OC(=O)COCCOCCOCCOCCn2cc(CN(C)C)nn2)C(=O)OCC2=C1C=C1c3nc4ccccc4cc3C(=O)N1C2. The molecule has 1 amide bonds. The lowest BCUT2D eigenvalue weighted by Gasteiger charge is -2.40. The van der Waals surface area contributed by atoms with Crippen molar-refractivity contribution in [2.45, 2.75) is 38.5 Å². The Morgan fingerprint density at radius 1 is 1.00 bits per heavy atom. The summed E-state index contributed by atoms with van der Waals surface area (Å²) in [7, 11) is 3.97. The molecule has 0 unspecified atom stereocenters. The first-order valence-corrected chi connectivity index (χ1v) is 17.2. The summed E-state index contributed by atoms with van der Waals surface area (Å²) in [6.07, 6.45) is 4.42. The largest absolute Gasteiger partial charge is 0.458 e. The van der Waals surface area contributed by atoms with Gasteiger partial charge in [0.05, 0.1) is 81.8 Å². The Morgan fingerprint density at radius 3 is 2.47 bits per heavy atom. The Bertz CT molecular complexity index is 1800. The van der Waals surface area contributed by atoms with Crippen LogP contribution >= 0.6 is 0 Å². The number of amides is 1. The third-order valence-electron chi connectivity index (χ3n) is 8.64. The van der Waals surface area contributed by atoms with Gasteiger partial charge in [-0.3, -0.25) is 4.79 Å². The predicted molar refractivity (Wildman–Crippen MR) is 183 cm³/mol. The van der Waals surface area contributed by atoms with Gasteiger partial charge in [0.25, 0.3) is 5.91 Å². The first-order valence-electron chi connectivity index (χ1n) is 17.2. The van der Waals surface area contributed by atoms with Crippen LogP contribution in [-0.4, -0.2) is 133 Å². The number of fused-ring (bicyclic) bond motifs is 4. The van der Waals surface area contributed by atoms with E-state index in [1.54, 1.807) is 15.7 Å². The smallest absolute Gasteiger partial charge is 0.355 e. The molecule has 2 aromatic heterocycles. The number of cyclic esters (lactones) is 1. The molecule has 3 aliphatic rings. The van der Waals surface area contributed by atoms with Gasteiger partial charge in [-0.25, -0.2) is 19.3 Å². The number of aromatic nitrogens is 4. The fraction of sp³-hybridized carbons (Fsp3) is 0.500. The summed E-state index contributed by atoms with van der Waals surface area (Å²) in [6, 6.07) is 9.43. The lowest BCUT2D eigenvalue weighted by molar-refractivity contribution is -0.183. The maximum atomic E-state index is 13.4. The van der Waals surface area contributed by atoms with Crippen molar-refractivity contribution in [3.8, 4) is 0 Å². The van der Waals surface area contributed by atoms with Gasteiger partial charge in [-0.1, -0.05) is 36.8 Å². The highest BCUT2D eigenvalue weighted by Crippen LogP contribution is 2.44. The molecule has 15 heteroatoms. The molecule has 0 spiro atoms. The standard InChI is InChI=1S/C36H44N6O9/c1-4-9-36(51-32(43)24-49-17-16-48-15-14-47-13-12-46-11-10-41-22-27(38-39-41)21-40(2)3)29-19-31-33-28(18-25-7-5-6-8-30(25)37-33)34(44)42(31)20-26(29)23-50-35(36)45/h5-8,18-19,22H,4,9-17,20-21,23-24H2,1-3H3/t36-/m0/s1. The second-order valence-corrected chi connectivity index (χ2v) is 12.7. The van der Waals surface area contributed by atoms with Gasteiger partial charge in [-0.15, -0.1) is 5.10 Å². The number of ether oxygens (including phenoxy) is 6. The Balaban J connectivity index is 0.930. The number of para-hydroxylation sites is 1. The molecular weight excluding hydrogens is 660 g/mol. The molecule has 51 heavy (non-hydrogen) atoms. The van der Waals surface area contributed by atoms with E-state index in [-0.39, 0.29) is 45.3 Å². The second kappa shape index (κ2) is 16.7. The Kier molecular flexibility index (Phi) is 11.8. The van der Waals surface area contributed by atoms with Crippen LogP contribution in [0.25, 0.3) is 16.6 Å². The zero-order valence-electron chi connectivity index (χ0n) is 29.3. The van der Waals surface area contributed by atoms with Crippen molar-refractivity contribution in [3.63, 3.8) is 0 Å². The number of carbonyl (C=O) groups is 3. The molecule has 0 aliphatic carbocycles. The third-order valence-corrected chi connectivity index (χ3v) is 8.64. The third kappa shape index (κ3) is 8.34. The molecule has 5 heterocycles. The van der Waals surface area contributed by atoms with E-state index in [4.69, 9.17) is 33.4 Å². The van der Waals surface area contributed by atoms with Crippen molar-refractivity contribution in [1.29, 1.82) is 0 Å². The summed E-state index contributed by atoms with van der Waals surface area (Å²) >= 11 is 0. The van der Waals surface area contributed by atoms with Crippen LogP contribution in [0, 0.1) is 0 Å². The van der Waals surface area contributed by atoms with Crippen LogP contribution in [0.1, 0.15) is 41.5 Å². The molecule has 15 nitrogen and oxygen atoms in total. The molecule has 0 N–H and O–H groups in total. The maximum Gasteiger partial charge on any atom is 0.355 e. The van der Waals surface area contributed by atoms with Gasteiger partial charge in [0.2, 0.25) is 5.60 Å². The first kappa shape index (κ1) is 36.3. The minimum absolute atomic E-state index is 0.00325. The van der Waals surface area contributed by atoms with E-state index in [9.17, 15) is 14.4 Å². The number of hydrogen-bond donors (Lipinski definition) is 0. The topological polar surface area (TPSA) is 157 Å². The van der Waals surface area contributed by atoms with Crippen LogP contribution in [0.5, 0.6) is 0 Å². The summed E-state index contributed by atoms with van der Waals surface area (Å²) < 4.78 is 35.4. The number of pyridine rings is 1. The number of benzene rings is 1. The van der Waals surface area contributed by atoms with Crippen molar-refractivity contribution >= 4 is 34.4 Å². The zero-order valence-corrected chi connectivity index (χ0v) is 29.3. The van der Waals surface area contributed by atoms with Crippen LogP contribution in [0.15, 0.2) is 53.8 Å². The van der Waals surface area contributed by atoms with Crippen molar-refractivity contribution < 1.29 is 42.8 Å². The minimum Gasteiger partial charge on any atom is -0.458 e. The Labute approximate surface area is 296 Å². The number of rotatable bonds is 19. The highest BCUT2D eigenvalue weighted by atomic mass is 16.6. The lowest BCUT2D eigenvalue weighted by Crippen LogP contribution is -2.52. The lowest BCUT2D eigenvalue weighted by atomic mass is 9.81. The molecule has 0 saturated heterocycles. The summed E-state index contributed by atoms with van der Waals surface area (Å²) in [6.45, 7) is 5.60. The Morgan fingerprint density at radius 2 is 1.73 bits per heavy atom. The summed E-state index contributed by atoms with van der Waals surface area (Å²) in [4.78, 5) is 48.3. The van der Waals surface area contributed by atoms with E-state index in [1.807, 2.05) is 62.4 Å². The molecule has 0 radical (unpaired) electrons. The van der Waals surface area contributed by atoms with E-state index >= 15 is 0 Å². The fourth-order valence-corrected chi connectivity index (χ4v) is 6.36. The van der Waals surface area contributed by atoms with Gasteiger partial charge in [-0.2, -0.15) is 0 Å². The van der Waals surface area contributed by atoms with Gasteiger partial charge in [0.1, 0.15) is 18.9 Å². The highest BCUT2D eigenvalue weighted by Gasteiger charge is 2.52. The molecule has 3 aliphatic heterocycles. The summed E-state index contributed by atoms with van der Waals surface area (Å²) in [5.74, 6) is -1.52. The monoisotopic (exact) mass is 704 g/mol. The van der Waals surface area contributed by atoms with Crippen molar-refractivity contribution in [2.75, 3.05) is 80.1 Å². The molecule has 0 fully saturated rings. The molecule has 0 bridgehead atoms. The van der Waals surface area contributed by atoms with Crippen molar-refractivity contribution in [2.24, 2.45) is 0 Å². The average molecular weight is 705 g/mol. The van der Waals surface area contributed by atoms with E-state index in [2.05, 4.69) is 10.3 Å². The van der Waals surface area contributed by atoms with Crippen LogP contribution in [0.3, 0.4) is 0 Å². The molecule has 1 aromatic carbocycles. The number of carbonyl (C=O) groups excluding carboxylic acids is 3. The zero-order chi connectivity index (χ0) is 35.8. The molecule has 6 rings (SSSR count). The van der Waals surface area contributed by atoms with Crippen LogP contribution < -0.4 is 0 Å². The van der Waals surface area contributed by atoms with E-state index in [0.717, 1.165) is 23.1 Å². The van der Waals surface area contributed by atoms with E-state index in [1.165, 1.54) is 0 Å². The van der Waals surface area contributed by atoms with Gasteiger partial charge in [0.15, 0.2) is 0 Å². The fourth-order valence-electron chi connectivity index (χ4n) is 6.36. The van der Waals surface area contributed by atoms with Crippen LogP contribution in [0.4, 0.5) is 0 Å². The summed E-state index contributed by atoms with van der Waals surface area (Å²) in [5, 5.41) is 9.08. The normalized spacial score (nSPS) is 18.2. The van der Waals surface area contributed by atoms with Gasteiger partial charge in [-0.05, 0) is 37.9 Å². The maximum absolute atomic E-state index is 13.4. The van der Waals surface area contributed by atoms with Crippen molar-refractivity contribution in [3.05, 3.63) is 70.7 Å². The number of esters is 2. The molecule has 1 atom stereocenters. The van der Waals surface area contributed by atoms with Crippen molar-refractivity contribution in [1.82, 2.24) is 29.8 Å².